The van der Waals surface area contributed by atoms with E-state index in [4.69, 9.17) is 4.74 Å². The Hall–Kier alpha value is -2.99. The second-order valence-electron chi connectivity index (χ2n) is 7.52. The molecule has 4 rings (SSSR count). The lowest BCUT2D eigenvalue weighted by atomic mass is 10.0. The number of pyridine rings is 2. The largest absolute Gasteiger partial charge is 0.497 e. The van der Waals surface area contributed by atoms with Gasteiger partial charge in [0.1, 0.15) is 5.75 Å². The summed E-state index contributed by atoms with van der Waals surface area (Å²) in [5, 5.41) is 4.14. The molecule has 1 fully saturated rings. The van der Waals surface area contributed by atoms with Gasteiger partial charge in [0.05, 0.1) is 29.6 Å². The van der Waals surface area contributed by atoms with E-state index >= 15 is 0 Å². The molecule has 29 heavy (non-hydrogen) atoms. The van der Waals surface area contributed by atoms with Gasteiger partial charge in [0.15, 0.2) is 0 Å². The molecule has 150 valence electrons. The molecule has 0 saturated carbocycles. The highest BCUT2D eigenvalue weighted by atomic mass is 16.5. The second-order valence-corrected chi connectivity index (χ2v) is 7.52. The summed E-state index contributed by atoms with van der Waals surface area (Å²) in [6.07, 6.45) is 3.71. The van der Waals surface area contributed by atoms with E-state index in [1.165, 1.54) is 0 Å². The van der Waals surface area contributed by atoms with E-state index in [-0.39, 0.29) is 11.9 Å². The number of carbonyl (C=O) groups excluding carboxylic acids is 1. The van der Waals surface area contributed by atoms with Crippen LogP contribution in [-0.4, -0.2) is 47.0 Å². The summed E-state index contributed by atoms with van der Waals surface area (Å²) in [7, 11) is 1.64. The van der Waals surface area contributed by atoms with Crippen LogP contribution >= 0.6 is 0 Å². The molecule has 6 nitrogen and oxygen atoms in total. The van der Waals surface area contributed by atoms with Gasteiger partial charge in [0.2, 0.25) is 0 Å². The average Bonchev–Trinajstić information content (AvgIpc) is 2.75. The number of aryl methyl sites for hydroxylation is 1. The van der Waals surface area contributed by atoms with Gasteiger partial charge in [-0.05, 0) is 50.1 Å². The van der Waals surface area contributed by atoms with Crippen molar-refractivity contribution in [2.75, 3.05) is 20.2 Å². The molecule has 1 aliphatic rings. The van der Waals surface area contributed by atoms with E-state index in [9.17, 15) is 4.79 Å². The number of amides is 1. The lowest BCUT2D eigenvalue weighted by Gasteiger charge is -2.32. The molecule has 1 N–H and O–H groups in total. The lowest BCUT2D eigenvalue weighted by Crippen LogP contribution is -2.44. The summed E-state index contributed by atoms with van der Waals surface area (Å²) in [5.41, 5.74) is 3.29. The first-order valence-electron chi connectivity index (χ1n) is 10.0. The Kier molecular flexibility index (Phi) is 5.71. The monoisotopic (exact) mass is 390 g/mol. The summed E-state index contributed by atoms with van der Waals surface area (Å²) in [4.78, 5) is 24.3. The van der Waals surface area contributed by atoms with Crippen LogP contribution in [0.1, 0.15) is 34.6 Å². The maximum absolute atomic E-state index is 12.9. The van der Waals surface area contributed by atoms with E-state index in [0.29, 0.717) is 5.56 Å². The van der Waals surface area contributed by atoms with Crippen LogP contribution in [0.4, 0.5) is 0 Å². The number of hydrogen-bond acceptors (Lipinski definition) is 5. The number of likely N-dealkylation sites (tertiary alicyclic amines) is 1. The number of nitrogens with one attached hydrogen (secondary N) is 1. The van der Waals surface area contributed by atoms with Crippen molar-refractivity contribution < 1.29 is 9.53 Å². The first kappa shape index (κ1) is 19.3. The van der Waals surface area contributed by atoms with Crippen molar-refractivity contribution in [2.24, 2.45) is 0 Å². The van der Waals surface area contributed by atoms with Crippen LogP contribution in [0.2, 0.25) is 0 Å². The van der Waals surface area contributed by atoms with Gasteiger partial charge in [-0.2, -0.15) is 0 Å². The Morgan fingerprint density at radius 1 is 1.21 bits per heavy atom. The molecule has 3 heterocycles. The maximum atomic E-state index is 12.9. The van der Waals surface area contributed by atoms with Gasteiger partial charge in [-0.15, -0.1) is 0 Å². The van der Waals surface area contributed by atoms with Crippen LogP contribution in [0.25, 0.3) is 10.9 Å². The smallest absolute Gasteiger partial charge is 0.253 e. The Labute approximate surface area is 170 Å². The molecule has 0 atom stereocenters. The van der Waals surface area contributed by atoms with E-state index in [2.05, 4.69) is 26.3 Å². The molecule has 1 saturated heterocycles. The zero-order chi connectivity index (χ0) is 20.2. The zero-order valence-electron chi connectivity index (χ0n) is 16.9. The fourth-order valence-corrected chi connectivity index (χ4v) is 3.82. The minimum absolute atomic E-state index is 0.0455. The minimum Gasteiger partial charge on any atom is -0.497 e. The normalized spacial score (nSPS) is 15.4. The van der Waals surface area contributed by atoms with E-state index in [0.717, 1.165) is 60.5 Å². The third-order valence-corrected chi connectivity index (χ3v) is 5.49. The molecule has 3 aromatic rings. The predicted octanol–water partition coefficient (Wildman–Crippen LogP) is 3.34. The highest BCUT2D eigenvalue weighted by Crippen LogP contribution is 2.22. The number of fused-ring (bicyclic) bond motifs is 1. The standard InChI is InChI=1S/C23H26N4O2/c1-16-21(13-17-6-7-20(29-2)14-22(17)25-16)23(28)26-18-8-11-27(12-9-18)15-19-5-3-4-10-24-19/h3-7,10,13-14,18H,8-9,11-12,15H2,1-2H3,(H,26,28). The van der Waals surface area contributed by atoms with Gasteiger partial charge >= 0.3 is 0 Å². The average molecular weight is 390 g/mol. The zero-order valence-corrected chi connectivity index (χ0v) is 16.9. The first-order chi connectivity index (χ1) is 14.1. The summed E-state index contributed by atoms with van der Waals surface area (Å²) >= 11 is 0. The van der Waals surface area contributed by atoms with Crippen LogP contribution in [0.3, 0.4) is 0 Å². The Bertz CT molecular complexity index is 998. The van der Waals surface area contributed by atoms with Crippen LogP contribution < -0.4 is 10.1 Å². The van der Waals surface area contributed by atoms with Crippen LogP contribution in [-0.2, 0) is 6.54 Å². The minimum atomic E-state index is -0.0455. The maximum Gasteiger partial charge on any atom is 0.253 e. The molecule has 0 bridgehead atoms. The topological polar surface area (TPSA) is 67.3 Å². The number of benzene rings is 1. The highest BCUT2D eigenvalue weighted by molar-refractivity contribution is 5.98. The van der Waals surface area contributed by atoms with Crippen LogP contribution in [0, 0.1) is 6.92 Å². The molecule has 6 heteroatoms. The Morgan fingerprint density at radius 3 is 2.76 bits per heavy atom. The number of rotatable bonds is 5. The van der Waals surface area contributed by atoms with E-state index in [1.54, 1.807) is 7.11 Å². The number of nitrogens with zero attached hydrogens (tertiary/aromatic N) is 3. The molecule has 0 radical (unpaired) electrons. The molecule has 1 aliphatic heterocycles. The van der Waals surface area contributed by atoms with Crippen LogP contribution in [0.15, 0.2) is 48.7 Å². The molecule has 0 unspecified atom stereocenters. The molecule has 0 spiro atoms. The van der Waals surface area contributed by atoms with Crippen molar-refractivity contribution in [2.45, 2.75) is 32.4 Å². The van der Waals surface area contributed by atoms with Gasteiger partial charge in [0, 0.05) is 43.3 Å². The van der Waals surface area contributed by atoms with Crippen molar-refractivity contribution in [3.8, 4) is 5.75 Å². The summed E-state index contributed by atoms with van der Waals surface area (Å²) in [5.74, 6) is 0.718. The number of ether oxygens (including phenoxy) is 1. The molecule has 2 aromatic heterocycles. The molecule has 1 amide bonds. The number of hydrogen-bond donors (Lipinski definition) is 1. The van der Waals surface area contributed by atoms with Crippen molar-refractivity contribution in [3.63, 3.8) is 0 Å². The van der Waals surface area contributed by atoms with Gasteiger partial charge in [0.25, 0.3) is 5.91 Å². The second kappa shape index (κ2) is 8.57. The predicted molar refractivity (Wildman–Crippen MR) is 113 cm³/mol. The van der Waals surface area contributed by atoms with Gasteiger partial charge in [-0.3, -0.25) is 19.7 Å². The first-order valence-corrected chi connectivity index (χ1v) is 10.0. The third-order valence-electron chi connectivity index (χ3n) is 5.49. The number of piperidine rings is 1. The fourth-order valence-electron chi connectivity index (χ4n) is 3.82. The Balaban J connectivity index is 1.38. The van der Waals surface area contributed by atoms with Crippen molar-refractivity contribution in [1.29, 1.82) is 0 Å². The van der Waals surface area contributed by atoms with Gasteiger partial charge in [-0.1, -0.05) is 6.07 Å². The van der Waals surface area contributed by atoms with Gasteiger partial charge < -0.3 is 10.1 Å². The molecule has 0 aliphatic carbocycles. The molecular formula is C23H26N4O2. The number of methoxy groups -OCH3 is 1. The summed E-state index contributed by atoms with van der Waals surface area (Å²) < 4.78 is 5.26. The van der Waals surface area contributed by atoms with E-state index < -0.39 is 0 Å². The van der Waals surface area contributed by atoms with Crippen molar-refractivity contribution in [1.82, 2.24) is 20.2 Å². The third kappa shape index (κ3) is 4.54. The van der Waals surface area contributed by atoms with Crippen molar-refractivity contribution >= 4 is 16.8 Å². The fraction of sp³-hybridized carbons (Fsp3) is 0.348. The summed E-state index contributed by atoms with van der Waals surface area (Å²) in [6, 6.07) is 13.8. The lowest BCUT2D eigenvalue weighted by molar-refractivity contribution is 0.0907. The highest BCUT2D eigenvalue weighted by Gasteiger charge is 2.22. The molecular weight excluding hydrogens is 364 g/mol. The van der Waals surface area contributed by atoms with E-state index in [1.807, 2.05) is 49.5 Å². The molecule has 1 aromatic carbocycles. The van der Waals surface area contributed by atoms with Crippen LogP contribution in [0.5, 0.6) is 5.75 Å². The van der Waals surface area contributed by atoms with Crippen molar-refractivity contribution in [3.05, 3.63) is 65.6 Å². The Morgan fingerprint density at radius 2 is 2.03 bits per heavy atom. The SMILES string of the molecule is COc1ccc2cc(C(=O)NC3CCN(Cc4ccccn4)CC3)c(C)nc2c1. The number of aromatic nitrogens is 2. The number of carbonyl (C=O) groups is 1. The quantitative estimate of drug-likeness (QED) is 0.724. The summed E-state index contributed by atoms with van der Waals surface area (Å²) in [6.45, 7) is 4.65. The van der Waals surface area contributed by atoms with Gasteiger partial charge in [-0.25, -0.2) is 0 Å².